The number of piperidine rings is 1. The van der Waals surface area contributed by atoms with Gasteiger partial charge >= 0.3 is 5.97 Å². The van der Waals surface area contributed by atoms with Crippen LogP contribution in [0.2, 0.25) is 0 Å². The number of halogens is 1. The van der Waals surface area contributed by atoms with Gasteiger partial charge in [0.05, 0.1) is 0 Å². The predicted octanol–water partition coefficient (Wildman–Crippen LogP) is 2.58. The minimum atomic E-state index is -1.15. The Morgan fingerprint density at radius 3 is 2.46 bits per heavy atom. The highest BCUT2D eigenvalue weighted by Gasteiger charge is 2.25. The highest BCUT2D eigenvalue weighted by atomic mass is 19.1. The molecule has 0 saturated carbocycles. The van der Waals surface area contributed by atoms with Crippen LogP contribution in [0.5, 0.6) is 0 Å². The van der Waals surface area contributed by atoms with Crippen molar-refractivity contribution in [3.8, 4) is 0 Å². The first kappa shape index (κ1) is 18.4. The number of hydrogen-bond donors (Lipinski definition) is 2. The number of carboxylic acid groups (broad SMARTS) is 1. The zero-order valence-electron chi connectivity index (χ0n) is 14.0. The van der Waals surface area contributed by atoms with E-state index in [0.29, 0.717) is 17.9 Å². The van der Waals surface area contributed by atoms with Crippen molar-refractivity contribution in [2.24, 2.45) is 5.92 Å². The minimum Gasteiger partial charge on any atom is -0.479 e. The van der Waals surface area contributed by atoms with Gasteiger partial charge < -0.3 is 15.3 Å². The molecule has 1 aliphatic rings. The molecule has 0 unspecified atom stereocenters. The molecule has 0 spiro atoms. The molecule has 1 aliphatic heterocycles. The Kier molecular flexibility index (Phi) is 6.73. The minimum absolute atomic E-state index is 0.263. The number of nitrogens with one attached hydrogen (secondary N) is 1. The van der Waals surface area contributed by atoms with Crippen LogP contribution < -0.4 is 5.32 Å². The molecule has 0 aliphatic carbocycles. The van der Waals surface area contributed by atoms with Gasteiger partial charge in [-0.05, 0) is 62.5 Å². The normalized spacial score (nSPS) is 17.4. The van der Waals surface area contributed by atoms with Gasteiger partial charge in [-0.3, -0.25) is 4.79 Å². The lowest BCUT2D eigenvalue weighted by molar-refractivity contribution is -0.142. The van der Waals surface area contributed by atoms with E-state index in [1.165, 1.54) is 24.3 Å². The van der Waals surface area contributed by atoms with Crippen molar-refractivity contribution in [1.29, 1.82) is 0 Å². The van der Waals surface area contributed by atoms with Gasteiger partial charge in [-0.15, -0.1) is 0 Å². The van der Waals surface area contributed by atoms with E-state index >= 15 is 0 Å². The van der Waals surface area contributed by atoms with Crippen LogP contribution in [0, 0.1) is 11.7 Å². The molecule has 6 heteroatoms. The highest BCUT2D eigenvalue weighted by Crippen LogP contribution is 2.21. The van der Waals surface area contributed by atoms with E-state index in [9.17, 15) is 19.1 Å². The summed E-state index contributed by atoms with van der Waals surface area (Å²) in [6.07, 6.45) is 3.39. The van der Waals surface area contributed by atoms with Gasteiger partial charge in [-0.25, -0.2) is 9.18 Å². The van der Waals surface area contributed by atoms with Gasteiger partial charge in [-0.2, -0.15) is 0 Å². The molecule has 0 aromatic heterocycles. The second-order valence-electron chi connectivity index (χ2n) is 6.38. The van der Waals surface area contributed by atoms with Gasteiger partial charge in [0.1, 0.15) is 5.82 Å². The van der Waals surface area contributed by atoms with Crippen molar-refractivity contribution in [1.82, 2.24) is 10.2 Å². The predicted molar refractivity (Wildman–Crippen MR) is 89.0 cm³/mol. The molecule has 2 N–H and O–H groups in total. The summed E-state index contributed by atoms with van der Waals surface area (Å²) in [7, 11) is 0. The molecule has 1 amide bonds. The van der Waals surface area contributed by atoms with E-state index in [2.05, 4.69) is 17.1 Å². The molecule has 1 atom stereocenters. The number of aliphatic carboxylic acids is 1. The standard InChI is InChI=1S/C18H25FN2O3/c1-2-9-21-10-7-13(8-11-21)12-16(22)20-17(18(23)24)14-3-5-15(19)6-4-14/h3-6,13,17H,2,7-12H2,1H3,(H,20,22)(H,23,24)/t17-/m0/s1. The van der Waals surface area contributed by atoms with Gasteiger partial charge in [-0.1, -0.05) is 19.1 Å². The third kappa shape index (κ3) is 5.30. The monoisotopic (exact) mass is 336 g/mol. The SMILES string of the molecule is CCCN1CCC(CC(=O)N[C@H](C(=O)O)c2ccc(F)cc2)CC1. The van der Waals surface area contributed by atoms with Crippen molar-refractivity contribution in [2.75, 3.05) is 19.6 Å². The largest absolute Gasteiger partial charge is 0.479 e. The zero-order valence-corrected chi connectivity index (χ0v) is 14.0. The molecule has 2 rings (SSSR count). The van der Waals surface area contributed by atoms with Crippen molar-refractivity contribution in [3.63, 3.8) is 0 Å². The number of hydrogen-bond acceptors (Lipinski definition) is 3. The molecular formula is C18H25FN2O3. The summed E-state index contributed by atoms with van der Waals surface area (Å²) < 4.78 is 13.0. The molecule has 1 fully saturated rings. The van der Waals surface area contributed by atoms with E-state index in [1.54, 1.807) is 0 Å². The Bertz CT molecular complexity index is 554. The lowest BCUT2D eigenvalue weighted by Crippen LogP contribution is -2.38. The Morgan fingerprint density at radius 2 is 1.92 bits per heavy atom. The first-order valence-electron chi connectivity index (χ1n) is 8.49. The van der Waals surface area contributed by atoms with Crippen LogP contribution in [0.25, 0.3) is 0 Å². The average molecular weight is 336 g/mol. The summed E-state index contributed by atoms with van der Waals surface area (Å²) in [6.45, 7) is 5.23. The maximum Gasteiger partial charge on any atom is 0.330 e. The second-order valence-corrected chi connectivity index (χ2v) is 6.38. The maximum atomic E-state index is 13.0. The van der Waals surface area contributed by atoms with E-state index in [-0.39, 0.29) is 5.91 Å². The number of carbonyl (C=O) groups excluding carboxylic acids is 1. The van der Waals surface area contributed by atoms with Crippen LogP contribution in [0.3, 0.4) is 0 Å². The number of benzene rings is 1. The number of nitrogens with zero attached hydrogens (tertiary/aromatic N) is 1. The van der Waals surface area contributed by atoms with Gasteiger partial charge in [0.15, 0.2) is 6.04 Å². The summed E-state index contributed by atoms with van der Waals surface area (Å²) in [5.74, 6) is -1.55. The molecule has 1 aromatic carbocycles. The van der Waals surface area contributed by atoms with Gasteiger partial charge in [0, 0.05) is 6.42 Å². The highest BCUT2D eigenvalue weighted by molar-refractivity contribution is 5.84. The summed E-state index contributed by atoms with van der Waals surface area (Å²) in [6, 6.07) is 4.02. The number of rotatable bonds is 7. The molecule has 0 bridgehead atoms. The smallest absolute Gasteiger partial charge is 0.330 e. The second kappa shape index (κ2) is 8.78. The molecule has 1 saturated heterocycles. The topological polar surface area (TPSA) is 69.6 Å². The summed E-state index contributed by atoms with van der Waals surface area (Å²) >= 11 is 0. The summed E-state index contributed by atoms with van der Waals surface area (Å²) in [5.41, 5.74) is 0.370. The third-order valence-electron chi connectivity index (χ3n) is 4.48. The third-order valence-corrected chi connectivity index (χ3v) is 4.48. The van der Waals surface area contributed by atoms with Crippen molar-refractivity contribution in [3.05, 3.63) is 35.6 Å². The van der Waals surface area contributed by atoms with Crippen molar-refractivity contribution in [2.45, 2.75) is 38.6 Å². The maximum absolute atomic E-state index is 13.0. The Morgan fingerprint density at radius 1 is 1.29 bits per heavy atom. The summed E-state index contributed by atoms with van der Waals surface area (Å²) in [4.78, 5) is 26.0. The zero-order chi connectivity index (χ0) is 17.5. The fourth-order valence-corrected chi connectivity index (χ4v) is 3.16. The molecular weight excluding hydrogens is 311 g/mol. The van der Waals surface area contributed by atoms with E-state index in [4.69, 9.17) is 0 Å². The molecule has 132 valence electrons. The molecule has 1 heterocycles. The van der Waals surface area contributed by atoms with Gasteiger partial charge in [0.25, 0.3) is 0 Å². The molecule has 5 nitrogen and oxygen atoms in total. The Hall–Kier alpha value is -1.95. The first-order valence-corrected chi connectivity index (χ1v) is 8.49. The first-order chi connectivity index (χ1) is 11.5. The van der Waals surface area contributed by atoms with Crippen molar-refractivity contribution < 1.29 is 19.1 Å². The summed E-state index contributed by atoms with van der Waals surface area (Å²) in [5, 5.41) is 11.9. The Balaban J connectivity index is 1.87. The van der Waals surface area contributed by atoms with Crippen LogP contribution >= 0.6 is 0 Å². The van der Waals surface area contributed by atoms with Gasteiger partial charge in [0.2, 0.25) is 5.91 Å². The van der Waals surface area contributed by atoms with Crippen LogP contribution in [-0.2, 0) is 9.59 Å². The number of carboxylic acids is 1. The number of likely N-dealkylation sites (tertiary alicyclic amines) is 1. The molecule has 1 aromatic rings. The number of carbonyl (C=O) groups is 2. The van der Waals surface area contributed by atoms with Crippen LogP contribution in [0.4, 0.5) is 4.39 Å². The fraction of sp³-hybridized carbons (Fsp3) is 0.556. The lowest BCUT2D eigenvalue weighted by Gasteiger charge is -2.31. The Labute approximate surface area is 141 Å². The van der Waals surface area contributed by atoms with E-state index < -0.39 is 17.8 Å². The lowest BCUT2D eigenvalue weighted by atomic mass is 9.93. The van der Waals surface area contributed by atoms with Crippen LogP contribution in [0.15, 0.2) is 24.3 Å². The van der Waals surface area contributed by atoms with Crippen molar-refractivity contribution >= 4 is 11.9 Å². The average Bonchev–Trinajstić information content (AvgIpc) is 2.55. The van der Waals surface area contributed by atoms with Crippen LogP contribution in [-0.4, -0.2) is 41.5 Å². The fourth-order valence-electron chi connectivity index (χ4n) is 3.16. The number of amides is 1. The molecule has 24 heavy (non-hydrogen) atoms. The van der Waals surface area contributed by atoms with Crippen LogP contribution in [0.1, 0.15) is 44.2 Å². The van der Waals surface area contributed by atoms with E-state index in [0.717, 1.165) is 38.9 Å². The quantitative estimate of drug-likeness (QED) is 0.803. The molecule has 0 radical (unpaired) electrons. The van der Waals surface area contributed by atoms with E-state index in [1.807, 2.05) is 0 Å².